The van der Waals surface area contributed by atoms with Crippen LogP contribution in [0.3, 0.4) is 0 Å². The van der Waals surface area contributed by atoms with Crippen LogP contribution in [0.4, 0.5) is 0 Å². The first kappa shape index (κ1) is 12.6. The van der Waals surface area contributed by atoms with E-state index >= 15 is 0 Å². The molecular formula is C16H25N. The summed E-state index contributed by atoms with van der Waals surface area (Å²) < 4.78 is 0. The normalized spacial score (nSPS) is 32.3. The molecule has 0 saturated heterocycles. The summed E-state index contributed by atoms with van der Waals surface area (Å²) in [5.41, 5.74) is 4.82. The molecular weight excluding hydrogens is 206 g/mol. The molecule has 1 fully saturated rings. The van der Waals surface area contributed by atoms with Gasteiger partial charge in [0.2, 0.25) is 0 Å². The predicted molar refractivity (Wildman–Crippen MR) is 74.5 cm³/mol. The van der Waals surface area contributed by atoms with Crippen LogP contribution in [-0.4, -0.2) is 13.1 Å². The third-order valence-corrected chi connectivity index (χ3v) is 4.97. The third kappa shape index (κ3) is 1.91. The van der Waals surface area contributed by atoms with Crippen LogP contribution in [0.15, 0.2) is 18.2 Å². The molecule has 0 aliphatic heterocycles. The van der Waals surface area contributed by atoms with Gasteiger partial charge in [0.1, 0.15) is 0 Å². The molecule has 17 heavy (non-hydrogen) atoms. The summed E-state index contributed by atoms with van der Waals surface area (Å²) in [6.07, 6.45) is 2.53. The van der Waals surface area contributed by atoms with Gasteiger partial charge >= 0.3 is 0 Å². The smallest absolute Gasteiger partial charge is 0.0130 e. The summed E-state index contributed by atoms with van der Waals surface area (Å²) in [6.45, 7) is 9.18. The highest BCUT2D eigenvalue weighted by molar-refractivity contribution is 5.37. The quantitative estimate of drug-likeness (QED) is 0.834. The van der Waals surface area contributed by atoms with E-state index in [0.717, 1.165) is 5.92 Å². The van der Waals surface area contributed by atoms with Crippen LogP contribution >= 0.6 is 0 Å². The van der Waals surface area contributed by atoms with Gasteiger partial charge in [0, 0.05) is 6.04 Å². The largest absolute Gasteiger partial charge is 0.316 e. The number of hydrogen-bond acceptors (Lipinski definition) is 1. The lowest BCUT2D eigenvalue weighted by atomic mass is 9.53. The first-order chi connectivity index (χ1) is 8.02. The lowest BCUT2D eigenvalue weighted by Gasteiger charge is -2.55. The molecule has 1 aliphatic carbocycles. The third-order valence-electron chi connectivity index (χ3n) is 4.97. The number of hydrogen-bond donors (Lipinski definition) is 1. The summed E-state index contributed by atoms with van der Waals surface area (Å²) in [7, 11) is 2.09. The van der Waals surface area contributed by atoms with Crippen LogP contribution in [0.2, 0.25) is 0 Å². The fraction of sp³-hybridized carbons (Fsp3) is 0.625. The van der Waals surface area contributed by atoms with Crippen molar-refractivity contribution in [2.24, 2.45) is 5.41 Å². The number of aryl methyl sites for hydroxylation is 2. The van der Waals surface area contributed by atoms with E-state index in [9.17, 15) is 0 Å². The van der Waals surface area contributed by atoms with Crippen molar-refractivity contribution >= 4 is 0 Å². The van der Waals surface area contributed by atoms with Crippen LogP contribution in [0.25, 0.3) is 0 Å². The Bertz CT molecular complexity index is 410. The van der Waals surface area contributed by atoms with Crippen molar-refractivity contribution in [1.29, 1.82) is 0 Å². The maximum Gasteiger partial charge on any atom is 0.0130 e. The van der Waals surface area contributed by atoms with Crippen LogP contribution in [0.1, 0.15) is 49.3 Å². The van der Waals surface area contributed by atoms with Gasteiger partial charge in [-0.25, -0.2) is 0 Å². The van der Waals surface area contributed by atoms with Gasteiger partial charge in [-0.2, -0.15) is 0 Å². The Balaban J connectivity index is 2.30. The first-order valence-corrected chi connectivity index (χ1v) is 6.77. The van der Waals surface area contributed by atoms with Crippen molar-refractivity contribution in [2.75, 3.05) is 7.05 Å². The SMILES string of the molecule is CCC1(C)C(NC)CC1c1ccc(C)cc1C. The summed E-state index contributed by atoms with van der Waals surface area (Å²) in [6, 6.07) is 7.59. The standard InChI is InChI=1S/C16H25N/c1-6-16(4)14(10-15(16)17-5)13-8-7-11(2)9-12(13)3/h7-9,14-15,17H,6,10H2,1-5H3. The minimum Gasteiger partial charge on any atom is -0.316 e. The van der Waals surface area contributed by atoms with E-state index < -0.39 is 0 Å². The van der Waals surface area contributed by atoms with Crippen molar-refractivity contribution in [1.82, 2.24) is 5.32 Å². The van der Waals surface area contributed by atoms with Crippen molar-refractivity contribution in [3.8, 4) is 0 Å². The Morgan fingerprint density at radius 3 is 2.59 bits per heavy atom. The van der Waals surface area contributed by atoms with Gasteiger partial charge < -0.3 is 5.32 Å². The molecule has 0 amide bonds. The maximum absolute atomic E-state index is 3.47. The second-order valence-corrected chi connectivity index (χ2v) is 5.85. The Kier molecular flexibility index (Phi) is 3.31. The zero-order valence-corrected chi connectivity index (χ0v) is 11.8. The summed E-state index contributed by atoms with van der Waals surface area (Å²) in [4.78, 5) is 0. The van der Waals surface area contributed by atoms with Gasteiger partial charge in [-0.05, 0) is 56.2 Å². The van der Waals surface area contributed by atoms with E-state index in [0.29, 0.717) is 11.5 Å². The molecule has 1 heteroatoms. The molecule has 1 aromatic carbocycles. The lowest BCUT2D eigenvalue weighted by Crippen LogP contribution is -2.55. The van der Waals surface area contributed by atoms with E-state index in [1.165, 1.54) is 24.0 Å². The minimum absolute atomic E-state index is 0.425. The maximum atomic E-state index is 3.47. The zero-order chi connectivity index (χ0) is 12.6. The van der Waals surface area contributed by atoms with E-state index in [1.807, 2.05) is 0 Å². The van der Waals surface area contributed by atoms with Crippen molar-refractivity contribution < 1.29 is 0 Å². The predicted octanol–water partition coefficient (Wildman–Crippen LogP) is 3.80. The molecule has 0 bridgehead atoms. The number of nitrogens with one attached hydrogen (secondary N) is 1. The average molecular weight is 231 g/mol. The molecule has 1 aliphatic rings. The topological polar surface area (TPSA) is 12.0 Å². The van der Waals surface area contributed by atoms with E-state index in [2.05, 4.69) is 58.3 Å². The highest BCUT2D eigenvalue weighted by Gasteiger charge is 2.50. The Morgan fingerprint density at radius 2 is 2.06 bits per heavy atom. The van der Waals surface area contributed by atoms with E-state index in [-0.39, 0.29) is 0 Å². The average Bonchev–Trinajstić information content (AvgIpc) is 2.30. The molecule has 1 nitrogen and oxygen atoms in total. The molecule has 1 aromatic rings. The zero-order valence-electron chi connectivity index (χ0n) is 11.8. The monoisotopic (exact) mass is 231 g/mol. The first-order valence-electron chi connectivity index (χ1n) is 6.77. The second kappa shape index (κ2) is 4.45. The number of rotatable bonds is 3. The van der Waals surface area contributed by atoms with Gasteiger partial charge in [0.05, 0.1) is 0 Å². The van der Waals surface area contributed by atoms with Crippen LogP contribution < -0.4 is 5.32 Å². The molecule has 0 radical (unpaired) electrons. The Morgan fingerprint density at radius 1 is 1.35 bits per heavy atom. The molecule has 0 heterocycles. The van der Waals surface area contributed by atoms with Crippen LogP contribution in [0, 0.1) is 19.3 Å². The van der Waals surface area contributed by atoms with Gasteiger partial charge in [0.15, 0.2) is 0 Å². The highest BCUT2D eigenvalue weighted by Crippen LogP contribution is 2.55. The lowest BCUT2D eigenvalue weighted by molar-refractivity contribution is 0.0491. The Hall–Kier alpha value is -0.820. The summed E-state index contributed by atoms with van der Waals surface area (Å²) >= 11 is 0. The van der Waals surface area contributed by atoms with Crippen LogP contribution in [0.5, 0.6) is 0 Å². The van der Waals surface area contributed by atoms with E-state index in [4.69, 9.17) is 0 Å². The second-order valence-electron chi connectivity index (χ2n) is 5.85. The highest BCUT2D eigenvalue weighted by atomic mass is 14.9. The Labute approximate surface area is 106 Å². The molecule has 3 unspecified atom stereocenters. The summed E-state index contributed by atoms with van der Waals surface area (Å²) in [5.74, 6) is 0.727. The molecule has 94 valence electrons. The van der Waals surface area contributed by atoms with Crippen LogP contribution in [-0.2, 0) is 0 Å². The van der Waals surface area contributed by atoms with Gasteiger partial charge in [0.25, 0.3) is 0 Å². The van der Waals surface area contributed by atoms with Gasteiger partial charge in [-0.1, -0.05) is 37.6 Å². The van der Waals surface area contributed by atoms with Gasteiger partial charge in [-0.15, -0.1) is 0 Å². The molecule has 3 atom stereocenters. The molecule has 0 spiro atoms. The van der Waals surface area contributed by atoms with Gasteiger partial charge in [-0.3, -0.25) is 0 Å². The van der Waals surface area contributed by atoms with Crippen molar-refractivity contribution in [2.45, 2.75) is 52.5 Å². The summed E-state index contributed by atoms with van der Waals surface area (Å²) in [5, 5.41) is 3.47. The molecule has 1 saturated carbocycles. The fourth-order valence-electron chi connectivity index (χ4n) is 3.50. The van der Waals surface area contributed by atoms with E-state index in [1.54, 1.807) is 5.56 Å². The minimum atomic E-state index is 0.425. The van der Waals surface area contributed by atoms with Crippen molar-refractivity contribution in [3.05, 3.63) is 34.9 Å². The number of benzene rings is 1. The fourth-order valence-corrected chi connectivity index (χ4v) is 3.50. The van der Waals surface area contributed by atoms with Crippen molar-refractivity contribution in [3.63, 3.8) is 0 Å². The molecule has 2 rings (SSSR count). The molecule has 0 aromatic heterocycles. The molecule has 1 N–H and O–H groups in total.